The predicted molar refractivity (Wildman–Crippen MR) is 188 cm³/mol. The van der Waals surface area contributed by atoms with Gasteiger partial charge in [-0.05, 0) is 66.6 Å². The highest BCUT2D eigenvalue weighted by Crippen LogP contribution is 2.31. The van der Waals surface area contributed by atoms with E-state index in [9.17, 15) is 26.4 Å². The van der Waals surface area contributed by atoms with E-state index in [2.05, 4.69) is 14.6 Å². The summed E-state index contributed by atoms with van der Waals surface area (Å²) in [6.07, 6.45) is -3.06. The van der Waals surface area contributed by atoms with Crippen LogP contribution in [0.2, 0.25) is 10.0 Å². The summed E-state index contributed by atoms with van der Waals surface area (Å²) >= 11 is 12.2. The van der Waals surface area contributed by atoms with E-state index in [1.807, 2.05) is 23.7 Å². The van der Waals surface area contributed by atoms with Gasteiger partial charge in [0, 0.05) is 62.3 Å². The van der Waals surface area contributed by atoms with Crippen molar-refractivity contribution in [2.24, 2.45) is 7.05 Å². The molecular weight excluding hydrogens is 730 g/mol. The lowest BCUT2D eigenvalue weighted by atomic mass is 10.2. The van der Waals surface area contributed by atoms with Crippen LogP contribution in [0, 0.1) is 6.92 Å². The number of amides is 1. The number of hydrogen-bond donors (Lipinski definition) is 1. The first kappa shape index (κ1) is 36.3. The van der Waals surface area contributed by atoms with E-state index in [1.165, 1.54) is 42.6 Å². The van der Waals surface area contributed by atoms with E-state index < -0.39 is 22.8 Å². The number of hydrogen-bond acceptors (Lipinski definition) is 7. The van der Waals surface area contributed by atoms with Crippen molar-refractivity contribution in [1.29, 1.82) is 0 Å². The molecule has 1 aliphatic heterocycles. The van der Waals surface area contributed by atoms with Gasteiger partial charge in [0.25, 0.3) is 15.9 Å². The number of piperazine rings is 1. The molecule has 3 heterocycles. The van der Waals surface area contributed by atoms with Crippen LogP contribution in [0.3, 0.4) is 0 Å². The third-order valence-electron chi connectivity index (χ3n) is 8.34. The summed E-state index contributed by atoms with van der Waals surface area (Å²) in [5.41, 5.74) is 3.01. The molecule has 16 heteroatoms. The van der Waals surface area contributed by atoms with E-state index in [4.69, 9.17) is 32.7 Å². The number of sulfonamides is 1. The normalized spacial score (nSPS) is 14.1. The van der Waals surface area contributed by atoms with Crippen LogP contribution in [0.15, 0.2) is 83.9 Å². The second-order valence-electron chi connectivity index (χ2n) is 12.0. The molecule has 0 aliphatic carbocycles. The number of ether oxygens (including phenoxy) is 2. The molecule has 0 atom stereocenters. The average molecular weight is 763 g/mol. The molecule has 5 aromatic rings. The van der Waals surface area contributed by atoms with Gasteiger partial charge in [-0.3, -0.25) is 14.4 Å². The molecule has 3 aromatic carbocycles. The molecule has 0 spiro atoms. The van der Waals surface area contributed by atoms with Crippen LogP contribution in [-0.4, -0.2) is 72.6 Å². The minimum absolute atomic E-state index is 0.00415. The van der Waals surface area contributed by atoms with Crippen LogP contribution in [0.4, 0.5) is 18.9 Å². The van der Waals surface area contributed by atoms with Crippen molar-refractivity contribution in [1.82, 2.24) is 19.4 Å². The third-order valence-corrected chi connectivity index (χ3v) is 10.6. The van der Waals surface area contributed by atoms with Crippen molar-refractivity contribution in [3.8, 4) is 17.4 Å². The molecule has 0 saturated carbocycles. The van der Waals surface area contributed by atoms with E-state index in [1.54, 1.807) is 36.1 Å². The smallest absolute Gasteiger partial charge is 0.422 e. The maximum Gasteiger partial charge on any atom is 0.422 e. The quantitative estimate of drug-likeness (QED) is 0.156. The zero-order chi connectivity index (χ0) is 36.5. The number of nitrogens with zero attached hydrogens (tertiary/aromatic N) is 4. The molecule has 1 amide bonds. The molecule has 1 N–H and O–H groups in total. The number of aryl methyl sites for hydroxylation is 2. The zero-order valence-electron chi connectivity index (χ0n) is 27.4. The van der Waals surface area contributed by atoms with Crippen LogP contribution in [-0.2, 0) is 23.6 Å². The molecule has 0 radical (unpaired) electrons. The largest absolute Gasteiger partial charge is 0.484 e. The number of carbonyl (C=O) groups excluding carboxylic acids is 1. The fraction of sp³-hybridized carbons (Fsp3) is 0.257. The highest BCUT2D eigenvalue weighted by molar-refractivity contribution is 7.92. The van der Waals surface area contributed by atoms with Gasteiger partial charge in [0.1, 0.15) is 22.1 Å². The first-order valence-electron chi connectivity index (χ1n) is 15.7. The lowest BCUT2D eigenvalue weighted by Gasteiger charge is -2.34. The predicted octanol–water partition coefficient (Wildman–Crippen LogP) is 7.68. The Morgan fingerprint density at radius 3 is 2.29 bits per heavy atom. The highest BCUT2D eigenvalue weighted by Gasteiger charge is 2.29. The lowest BCUT2D eigenvalue weighted by molar-refractivity contribution is -0.153. The summed E-state index contributed by atoms with van der Waals surface area (Å²) in [7, 11) is -2.20. The Morgan fingerprint density at radius 2 is 1.63 bits per heavy atom. The molecule has 0 unspecified atom stereocenters. The number of pyridine rings is 1. The first-order valence-corrected chi connectivity index (χ1v) is 17.9. The average Bonchev–Trinajstić information content (AvgIpc) is 3.41. The van der Waals surface area contributed by atoms with Crippen molar-refractivity contribution in [2.45, 2.75) is 24.5 Å². The fourth-order valence-corrected chi connectivity index (χ4v) is 7.51. The Hall–Kier alpha value is -4.50. The lowest BCUT2D eigenvalue weighted by Crippen LogP contribution is -2.48. The summed E-state index contributed by atoms with van der Waals surface area (Å²) < 4.78 is 78.1. The van der Waals surface area contributed by atoms with Gasteiger partial charge in [-0.15, -0.1) is 0 Å². The van der Waals surface area contributed by atoms with E-state index >= 15 is 0 Å². The van der Waals surface area contributed by atoms with Crippen molar-refractivity contribution in [3.63, 3.8) is 0 Å². The molecule has 1 fully saturated rings. The third kappa shape index (κ3) is 8.70. The fourth-order valence-electron chi connectivity index (χ4n) is 5.63. The number of halogens is 5. The van der Waals surface area contributed by atoms with Crippen molar-refractivity contribution >= 4 is 55.7 Å². The Balaban J connectivity index is 1.05. The first-order chi connectivity index (χ1) is 24.1. The van der Waals surface area contributed by atoms with Gasteiger partial charge in [0.15, 0.2) is 6.61 Å². The van der Waals surface area contributed by atoms with Gasteiger partial charge < -0.3 is 18.9 Å². The monoisotopic (exact) mass is 761 g/mol. The second-order valence-corrected chi connectivity index (χ2v) is 14.5. The molecule has 1 saturated heterocycles. The standard InChI is InChI=1S/C35H32Cl2F3N5O5S/c1-22-15-32(29(37)18-28(22)36)51(47,48)42-25-6-10-33(41-19-25)50-27-9-5-24-16-31(43(2)30(24)17-27)34(46)45-13-11-44(12-14-45)20-23-3-7-26(8-4-23)49-21-35(38,39)40/h3-10,15-19,42H,11-14,20-21H2,1-2H3. The summed E-state index contributed by atoms with van der Waals surface area (Å²) in [5, 5.41) is 1.20. The highest BCUT2D eigenvalue weighted by atomic mass is 35.5. The molecule has 268 valence electrons. The minimum Gasteiger partial charge on any atom is -0.484 e. The molecule has 0 bridgehead atoms. The van der Waals surface area contributed by atoms with Crippen LogP contribution in [0.25, 0.3) is 10.9 Å². The van der Waals surface area contributed by atoms with E-state index in [0.29, 0.717) is 54.8 Å². The summed E-state index contributed by atoms with van der Waals surface area (Å²) in [5.74, 6) is 0.759. The van der Waals surface area contributed by atoms with Gasteiger partial charge in [-0.1, -0.05) is 35.3 Å². The maximum atomic E-state index is 13.6. The molecule has 2 aromatic heterocycles. The van der Waals surface area contributed by atoms with Crippen LogP contribution >= 0.6 is 23.2 Å². The second kappa shape index (κ2) is 14.6. The van der Waals surface area contributed by atoms with Crippen LogP contribution in [0.1, 0.15) is 21.6 Å². The number of fused-ring (bicyclic) bond motifs is 1. The molecule has 6 rings (SSSR count). The number of nitrogens with one attached hydrogen (secondary N) is 1. The SMILES string of the molecule is Cc1cc(S(=O)(=O)Nc2ccc(Oc3ccc4cc(C(=O)N5CCN(Cc6ccc(OCC(F)(F)F)cc6)CC5)n(C)c4c3)nc2)c(Cl)cc1Cl. The number of benzene rings is 3. The Bertz CT molecular complexity index is 2170. The molecule has 51 heavy (non-hydrogen) atoms. The summed E-state index contributed by atoms with van der Waals surface area (Å²) in [6.45, 7) is 3.27. The summed E-state index contributed by atoms with van der Waals surface area (Å²) in [6, 6.07) is 19.6. The number of rotatable bonds is 10. The molecular formula is C35H32Cl2F3N5O5S. The van der Waals surface area contributed by atoms with Crippen LogP contribution < -0.4 is 14.2 Å². The Morgan fingerprint density at radius 1 is 0.922 bits per heavy atom. The van der Waals surface area contributed by atoms with Gasteiger partial charge >= 0.3 is 6.18 Å². The molecule has 10 nitrogen and oxygen atoms in total. The Kier molecular flexibility index (Phi) is 10.4. The van der Waals surface area contributed by atoms with Gasteiger partial charge in [-0.2, -0.15) is 13.2 Å². The number of anilines is 1. The molecule has 1 aliphatic rings. The van der Waals surface area contributed by atoms with Crippen molar-refractivity contribution in [2.75, 3.05) is 37.5 Å². The van der Waals surface area contributed by atoms with Gasteiger partial charge in [0.2, 0.25) is 5.88 Å². The number of alkyl halides is 3. The zero-order valence-corrected chi connectivity index (χ0v) is 29.7. The minimum atomic E-state index is -4.39. The number of aromatic nitrogens is 2. The van der Waals surface area contributed by atoms with Crippen molar-refractivity contribution < 1.29 is 35.9 Å². The van der Waals surface area contributed by atoms with Crippen LogP contribution in [0.5, 0.6) is 17.4 Å². The van der Waals surface area contributed by atoms with Gasteiger partial charge in [0.05, 0.1) is 22.4 Å². The van der Waals surface area contributed by atoms with Crippen molar-refractivity contribution in [3.05, 3.63) is 106 Å². The summed E-state index contributed by atoms with van der Waals surface area (Å²) in [4.78, 5) is 21.7. The Labute approximate surface area is 302 Å². The van der Waals surface area contributed by atoms with Gasteiger partial charge in [-0.25, -0.2) is 13.4 Å². The van der Waals surface area contributed by atoms with E-state index in [-0.39, 0.29) is 33.1 Å². The topological polar surface area (TPSA) is 106 Å². The maximum absolute atomic E-state index is 13.6. The number of carbonyl (C=O) groups is 1. The van der Waals surface area contributed by atoms with E-state index in [0.717, 1.165) is 16.5 Å².